The van der Waals surface area contributed by atoms with E-state index < -0.39 is 0 Å². The van der Waals surface area contributed by atoms with Crippen molar-refractivity contribution in [1.29, 1.82) is 0 Å². The molecule has 0 aliphatic heterocycles. The molecule has 360 valence electrons. The first-order valence-corrected chi connectivity index (χ1v) is 28.4. The molecule has 0 saturated heterocycles. The summed E-state index contributed by atoms with van der Waals surface area (Å²) in [5, 5.41) is 0. The Morgan fingerprint density at radius 2 is 0.926 bits per heavy atom. The van der Waals surface area contributed by atoms with Gasteiger partial charge in [-0.3, -0.25) is 0 Å². The van der Waals surface area contributed by atoms with Crippen molar-refractivity contribution >= 4 is 22.8 Å². The molecule has 1 nitrogen and oxygen atoms in total. The molecule has 68 heavy (non-hydrogen) atoms. The fraction of sp³-hybridized carbons (Fsp3) is 0.354. The van der Waals surface area contributed by atoms with Crippen molar-refractivity contribution in [3.63, 3.8) is 0 Å². The zero-order valence-electron chi connectivity index (χ0n) is 44.3. The molecule has 0 amide bonds. The van der Waals surface area contributed by atoms with E-state index in [2.05, 4.69) is 273 Å². The van der Waals surface area contributed by atoms with Crippen LogP contribution in [0.3, 0.4) is 0 Å². The molecule has 0 aliphatic rings. The van der Waals surface area contributed by atoms with Crippen LogP contribution in [0.25, 0.3) is 6.08 Å². The molecule has 6 aromatic carbocycles. The Bertz CT molecular complexity index is 2460. The lowest BCUT2D eigenvalue weighted by molar-refractivity contribution is 0.158. The summed E-state index contributed by atoms with van der Waals surface area (Å²) in [7, 11) is 0.788. The molecule has 6 aromatic rings. The van der Waals surface area contributed by atoms with Crippen molar-refractivity contribution in [2.75, 3.05) is 33.3 Å². The van der Waals surface area contributed by atoms with E-state index in [4.69, 9.17) is 10.9 Å². The van der Waals surface area contributed by atoms with E-state index in [-0.39, 0.29) is 35.2 Å². The standard InChI is InChI=1S/C26H28.C25H28.C12H21OP.C2H7P/c1-6-20-17-18-23(25(2,3)21-13-9-7-10-14-21)19-24(20)26(4,5)22-15-11-8-12-16-22;1-19-16-17-22(24(2,3)20-12-8-6-9-13-20)18-23(19)25(4,5)21-14-10-7-11-15-21;1-6-9-12(8-3,10-7-2)11-13-14(4)5;1-3-2/h6-19H,1H2,2-5H3;6-18H,1-5H3;1,7H,2,8-11H2,3-5H3;3H,1-2H3. The maximum Gasteiger partial charge on any atom is 0.0577 e. The highest BCUT2D eigenvalue weighted by Crippen LogP contribution is 2.41. The fourth-order valence-corrected chi connectivity index (χ4v) is 9.29. The van der Waals surface area contributed by atoms with Gasteiger partial charge in [0.1, 0.15) is 0 Å². The van der Waals surface area contributed by atoms with Gasteiger partial charge in [0.25, 0.3) is 0 Å². The van der Waals surface area contributed by atoms with Crippen LogP contribution in [0.5, 0.6) is 0 Å². The van der Waals surface area contributed by atoms with Crippen LogP contribution in [0, 0.1) is 24.7 Å². The van der Waals surface area contributed by atoms with Gasteiger partial charge in [-0.2, -0.15) is 0 Å². The van der Waals surface area contributed by atoms with E-state index in [1.54, 1.807) is 0 Å². The number of terminal acetylenes is 1. The number of aryl methyl sites for hydroxylation is 1. The van der Waals surface area contributed by atoms with Crippen LogP contribution in [-0.2, 0) is 26.2 Å². The second-order valence-electron chi connectivity index (χ2n) is 20.3. The third kappa shape index (κ3) is 15.3. The third-order valence-electron chi connectivity index (χ3n) is 13.7. The van der Waals surface area contributed by atoms with E-state index in [9.17, 15) is 0 Å². The Kier molecular flexibility index (Phi) is 22.7. The highest BCUT2D eigenvalue weighted by atomic mass is 31.1. The lowest BCUT2D eigenvalue weighted by atomic mass is 9.72. The first-order valence-electron chi connectivity index (χ1n) is 24.3. The minimum atomic E-state index is -0.295. The first kappa shape index (κ1) is 57.5. The maximum absolute atomic E-state index is 5.72. The summed E-state index contributed by atoms with van der Waals surface area (Å²) in [6, 6.07) is 56.8. The minimum Gasteiger partial charge on any atom is -0.359 e. The Morgan fingerprint density at radius 1 is 0.559 bits per heavy atom. The molecular weight excluding hydrogens is 859 g/mol. The average molecular weight is 943 g/mol. The number of hydrogen-bond acceptors (Lipinski definition) is 1. The third-order valence-corrected chi connectivity index (χ3v) is 14.4. The van der Waals surface area contributed by atoms with Gasteiger partial charge in [0.05, 0.1) is 6.61 Å². The second kappa shape index (κ2) is 26.8. The highest BCUT2D eigenvalue weighted by molar-refractivity contribution is 7.50. The van der Waals surface area contributed by atoms with E-state index in [1.165, 1.54) is 55.6 Å². The van der Waals surface area contributed by atoms with Crippen molar-refractivity contribution in [1.82, 2.24) is 0 Å². The molecule has 0 saturated carbocycles. The predicted molar refractivity (Wildman–Crippen MR) is 308 cm³/mol. The van der Waals surface area contributed by atoms with Crippen LogP contribution >= 0.6 is 16.7 Å². The quantitative estimate of drug-likeness (QED) is 0.0534. The molecular formula is C65H84OP2. The fourth-order valence-electron chi connectivity index (χ4n) is 8.75. The van der Waals surface area contributed by atoms with Gasteiger partial charge in [0.15, 0.2) is 0 Å². The molecule has 0 spiro atoms. The summed E-state index contributed by atoms with van der Waals surface area (Å²) in [6.45, 7) is 40.0. The van der Waals surface area contributed by atoms with Crippen molar-refractivity contribution in [2.45, 2.75) is 110 Å². The van der Waals surface area contributed by atoms with Crippen molar-refractivity contribution in [3.8, 4) is 12.3 Å². The van der Waals surface area contributed by atoms with E-state index in [0.29, 0.717) is 0 Å². The van der Waals surface area contributed by atoms with E-state index >= 15 is 0 Å². The summed E-state index contributed by atoms with van der Waals surface area (Å²) in [5.74, 6) is 2.75. The average Bonchev–Trinajstić information content (AvgIpc) is 3.35. The summed E-state index contributed by atoms with van der Waals surface area (Å²) in [4.78, 5) is 0. The zero-order valence-corrected chi connectivity index (χ0v) is 46.2. The van der Waals surface area contributed by atoms with Gasteiger partial charge in [0, 0.05) is 41.6 Å². The lowest BCUT2D eigenvalue weighted by Gasteiger charge is -2.32. The molecule has 0 N–H and O–H groups in total. The summed E-state index contributed by atoms with van der Waals surface area (Å²) >= 11 is 0. The van der Waals surface area contributed by atoms with Gasteiger partial charge < -0.3 is 4.52 Å². The van der Waals surface area contributed by atoms with Gasteiger partial charge in [-0.1, -0.05) is 239 Å². The van der Waals surface area contributed by atoms with Gasteiger partial charge in [-0.25, -0.2) is 0 Å². The second-order valence-corrected chi connectivity index (χ2v) is 23.2. The van der Waals surface area contributed by atoms with Crippen molar-refractivity contribution in [2.24, 2.45) is 5.41 Å². The first-order chi connectivity index (χ1) is 32.2. The monoisotopic (exact) mass is 943 g/mol. The molecule has 1 unspecified atom stereocenters. The zero-order chi connectivity index (χ0) is 50.6. The van der Waals surface area contributed by atoms with Gasteiger partial charge >= 0.3 is 0 Å². The smallest absolute Gasteiger partial charge is 0.0577 e. The van der Waals surface area contributed by atoms with E-state index in [1.807, 2.05) is 12.2 Å². The SMILES string of the molecule is C#CCC(CC)(CC=C)COP(C)C.C=Cc1ccc(C(C)(C)c2ccccc2)cc1C(C)(C)c1ccccc1.CPC.Cc1ccc(C(C)(C)c2ccccc2)cc1C(C)(C)c1ccccc1. The number of rotatable bonds is 16. The molecule has 6 rings (SSSR count). The predicted octanol–water partition coefficient (Wildman–Crippen LogP) is 18.2. The van der Waals surface area contributed by atoms with Gasteiger partial charge in [0.2, 0.25) is 0 Å². The minimum absolute atomic E-state index is 0.0174. The van der Waals surface area contributed by atoms with Crippen LogP contribution in [0.2, 0.25) is 0 Å². The number of allylic oxidation sites excluding steroid dienone is 1. The van der Waals surface area contributed by atoms with Crippen molar-refractivity contribution < 1.29 is 4.52 Å². The van der Waals surface area contributed by atoms with Crippen LogP contribution in [-0.4, -0.2) is 33.3 Å². The molecule has 1 atom stereocenters. The largest absolute Gasteiger partial charge is 0.359 e. The Hall–Kier alpha value is -4.82. The number of hydrogen-bond donors (Lipinski definition) is 0. The molecule has 0 aliphatic carbocycles. The van der Waals surface area contributed by atoms with Crippen LogP contribution in [0.1, 0.15) is 137 Å². The van der Waals surface area contributed by atoms with Gasteiger partial charge in [-0.05, 0) is 102 Å². The molecule has 3 heteroatoms. The van der Waals surface area contributed by atoms with E-state index in [0.717, 1.165) is 34.5 Å². The highest BCUT2D eigenvalue weighted by Gasteiger charge is 2.31. The van der Waals surface area contributed by atoms with Gasteiger partial charge in [-0.15, -0.1) is 27.5 Å². The van der Waals surface area contributed by atoms with Crippen LogP contribution in [0.15, 0.2) is 177 Å². The number of benzene rings is 6. The lowest BCUT2D eigenvalue weighted by Crippen LogP contribution is -2.24. The molecule has 0 heterocycles. The normalized spacial score (nSPS) is 12.4. The van der Waals surface area contributed by atoms with Crippen LogP contribution in [0.4, 0.5) is 0 Å². The maximum atomic E-state index is 5.72. The molecule has 0 aromatic heterocycles. The summed E-state index contributed by atoms with van der Waals surface area (Å²) < 4.78 is 5.72. The molecule has 0 fully saturated rings. The summed E-state index contributed by atoms with van der Waals surface area (Å²) in [6.07, 6.45) is 12.1. The topological polar surface area (TPSA) is 9.23 Å². The Morgan fingerprint density at radius 3 is 1.28 bits per heavy atom. The molecule has 0 radical (unpaired) electrons. The summed E-state index contributed by atoms with van der Waals surface area (Å²) in [5.41, 5.74) is 13.2. The van der Waals surface area contributed by atoms with Crippen molar-refractivity contribution in [3.05, 3.63) is 233 Å². The van der Waals surface area contributed by atoms with Crippen LogP contribution < -0.4 is 0 Å². The Labute approximate surface area is 419 Å². The molecule has 0 bridgehead atoms. The Balaban J connectivity index is 0.000000274.